The van der Waals surface area contributed by atoms with Crippen molar-refractivity contribution in [2.24, 2.45) is 5.41 Å². The first-order valence-corrected chi connectivity index (χ1v) is 10.5. The fourth-order valence-electron chi connectivity index (χ4n) is 3.18. The van der Waals surface area contributed by atoms with Gasteiger partial charge in [0.2, 0.25) is 5.91 Å². The van der Waals surface area contributed by atoms with E-state index in [0.29, 0.717) is 11.1 Å². The molecule has 0 aliphatic heterocycles. The fourth-order valence-corrected chi connectivity index (χ4v) is 3.18. The summed E-state index contributed by atoms with van der Waals surface area (Å²) in [5, 5.41) is 15.1. The SMILES string of the molecule is C/C=C(/C#N)NC(C)C(=O)NC(/C=C\C(C)=C\CC)=C(/C)C1=CCC(C)(C)CC1. The van der Waals surface area contributed by atoms with Crippen molar-refractivity contribution in [1.29, 1.82) is 5.26 Å². The van der Waals surface area contributed by atoms with Gasteiger partial charge in [0, 0.05) is 5.70 Å². The Kier molecular flexibility index (Phi) is 9.68. The molecule has 2 N–H and O–H groups in total. The lowest BCUT2D eigenvalue weighted by molar-refractivity contribution is -0.121. The lowest BCUT2D eigenvalue weighted by atomic mass is 9.77. The minimum atomic E-state index is -0.511. The zero-order valence-electron chi connectivity index (χ0n) is 19.1. The van der Waals surface area contributed by atoms with Gasteiger partial charge in [0.25, 0.3) is 0 Å². The number of nitriles is 1. The second kappa shape index (κ2) is 11.5. The molecule has 0 saturated heterocycles. The van der Waals surface area contributed by atoms with Gasteiger partial charge in [0.15, 0.2) is 0 Å². The number of amides is 1. The molecule has 1 atom stereocenters. The largest absolute Gasteiger partial charge is 0.366 e. The third kappa shape index (κ3) is 8.15. The van der Waals surface area contributed by atoms with Crippen LogP contribution in [0.1, 0.15) is 74.1 Å². The number of carbonyl (C=O) groups is 1. The highest BCUT2D eigenvalue weighted by molar-refractivity contribution is 5.84. The predicted molar refractivity (Wildman–Crippen MR) is 122 cm³/mol. The van der Waals surface area contributed by atoms with Crippen molar-refractivity contribution in [3.8, 4) is 6.07 Å². The molecular formula is C25H37N3O. The Morgan fingerprint density at radius 1 is 1.34 bits per heavy atom. The molecule has 1 rings (SSSR count). The molecule has 0 radical (unpaired) electrons. The molecule has 0 heterocycles. The Hall–Kier alpha value is -2.54. The van der Waals surface area contributed by atoms with E-state index in [2.05, 4.69) is 63.5 Å². The molecule has 0 aromatic rings. The van der Waals surface area contributed by atoms with Crippen LogP contribution in [0, 0.1) is 16.7 Å². The van der Waals surface area contributed by atoms with Crippen molar-refractivity contribution >= 4 is 5.91 Å². The minimum Gasteiger partial charge on any atom is -0.366 e. The second-order valence-electron chi connectivity index (χ2n) is 8.50. The monoisotopic (exact) mass is 395 g/mol. The highest BCUT2D eigenvalue weighted by atomic mass is 16.2. The van der Waals surface area contributed by atoms with Crippen LogP contribution in [-0.4, -0.2) is 11.9 Å². The maximum Gasteiger partial charge on any atom is 0.246 e. The average Bonchev–Trinajstić information content (AvgIpc) is 2.68. The van der Waals surface area contributed by atoms with Crippen LogP contribution in [0.25, 0.3) is 0 Å². The van der Waals surface area contributed by atoms with Crippen LogP contribution in [0.3, 0.4) is 0 Å². The van der Waals surface area contributed by atoms with E-state index < -0.39 is 6.04 Å². The second-order valence-corrected chi connectivity index (χ2v) is 8.50. The van der Waals surface area contributed by atoms with Gasteiger partial charge in [-0.3, -0.25) is 4.79 Å². The first-order chi connectivity index (χ1) is 13.6. The highest BCUT2D eigenvalue weighted by Crippen LogP contribution is 2.37. The summed E-state index contributed by atoms with van der Waals surface area (Å²) in [7, 11) is 0. The Morgan fingerprint density at radius 3 is 2.55 bits per heavy atom. The van der Waals surface area contributed by atoms with E-state index in [0.717, 1.165) is 42.5 Å². The molecule has 4 heteroatoms. The van der Waals surface area contributed by atoms with Crippen LogP contribution in [0.5, 0.6) is 0 Å². The summed E-state index contributed by atoms with van der Waals surface area (Å²) in [6.07, 6.45) is 14.3. The molecule has 1 aliphatic carbocycles. The molecule has 29 heavy (non-hydrogen) atoms. The van der Waals surface area contributed by atoms with Crippen LogP contribution in [0.4, 0.5) is 0 Å². The van der Waals surface area contributed by atoms with Crippen molar-refractivity contribution in [3.63, 3.8) is 0 Å². The van der Waals surface area contributed by atoms with E-state index in [1.165, 1.54) is 5.57 Å². The van der Waals surface area contributed by atoms with Crippen LogP contribution in [0.15, 0.2) is 58.5 Å². The summed E-state index contributed by atoms with van der Waals surface area (Å²) in [5.74, 6) is -0.160. The zero-order chi connectivity index (χ0) is 22.0. The van der Waals surface area contributed by atoms with E-state index >= 15 is 0 Å². The number of carbonyl (C=O) groups excluding carboxylic acids is 1. The molecule has 4 nitrogen and oxygen atoms in total. The standard InChI is InChI=1S/C25H37N3O/c1-8-10-18(3)11-12-23(19(4)21-13-15-25(6,7)16-14-21)28-24(29)20(5)27-22(9-2)17-26/h9-13,20,27H,8,14-16H2,1-7H3,(H,28,29)/b12-11-,18-10+,22-9-,23-19-. The summed E-state index contributed by atoms with van der Waals surface area (Å²) in [6.45, 7) is 14.4. The highest BCUT2D eigenvalue weighted by Gasteiger charge is 2.23. The molecule has 0 spiro atoms. The summed E-state index contributed by atoms with van der Waals surface area (Å²) >= 11 is 0. The Morgan fingerprint density at radius 2 is 2.03 bits per heavy atom. The van der Waals surface area contributed by atoms with E-state index in [1.807, 2.05) is 12.2 Å². The fraction of sp³-hybridized carbons (Fsp3) is 0.520. The molecule has 0 fully saturated rings. The normalized spacial score (nSPS) is 19.2. The van der Waals surface area contributed by atoms with Gasteiger partial charge in [0.05, 0.1) is 0 Å². The summed E-state index contributed by atoms with van der Waals surface area (Å²) < 4.78 is 0. The summed E-state index contributed by atoms with van der Waals surface area (Å²) in [5.41, 5.74) is 5.11. The number of allylic oxidation sites excluding steroid dienone is 9. The van der Waals surface area contributed by atoms with Crippen molar-refractivity contribution in [3.05, 3.63) is 58.5 Å². The lowest BCUT2D eigenvalue weighted by Gasteiger charge is -2.29. The maximum absolute atomic E-state index is 12.8. The molecule has 0 saturated carbocycles. The van der Waals surface area contributed by atoms with Gasteiger partial charge in [-0.25, -0.2) is 0 Å². The van der Waals surface area contributed by atoms with Crippen LogP contribution >= 0.6 is 0 Å². The minimum absolute atomic E-state index is 0.160. The van der Waals surface area contributed by atoms with Gasteiger partial charge in [-0.1, -0.05) is 50.6 Å². The molecule has 1 aliphatic rings. The first kappa shape index (κ1) is 24.5. The third-order valence-corrected chi connectivity index (χ3v) is 5.33. The third-order valence-electron chi connectivity index (χ3n) is 5.33. The summed E-state index contributed by atoms with van der Waals surface area (Å²) in [6, 6.07) is 1.54. The van der Waals surface area contributed by atoms with Gasteiger partial charge in [-0.2, -0.15) is 5.26 Å². The first-order valence-electron chi connectivity index (χ1n) is 10.5. The Labute approximate surface area is 177 Å². The number of nitrogens with one attached hydrogen (secondary N) is 2. The number of rotatable bonds is 8. The topological polar surface area (TPSA) is 64.9 Å². The molecule has 0 aromatic heterocycles. The van der Waals surface area contributed by atoms with E-state index in [4.69, 9.17) is 5.26 Å². The summed E-state index contributed by atoms with van der Waals surface area (Å²) in [4.78, 5) is 12.8. The van der Waals surface area contributed by atoms with Gasteiger partial charge < -0.3 is 10.6 Å². The predicted octanol–water partition coefficient (Wildman–Crippen LogP) is 5.83. The van der Waals surface area contributed by atoms with E-state index in [1.54, 1.807) is 19.9 Å². The van der Waals surface area contributed by atoms with Crippen molar-refractivity contribution < 1.29 is 4.79 Å². The van der Waals surface area contributed by atoms with E-state index in [-0.39, 0.29) is 5.91 Å². The van der Waals surface area contributed by atoms with E-state index in [9.17, 15) is 4.79 Å². The number of hydrogen-bond acceptors (Lipinski definition) is 3. The molecule has 1 amide bonds. The Balaban J connectivity index is 3.15. The quantitative estimate of drug-likeness (QED) is 0.401. The van der Waals surface area contributed by atoms with Gasteiger partial charge in [0.1, 0.15) is 17.8 Å². The van der Waals surface area contributed by atoms with Gasteiger partial charge in [-0.15, -0.1) is 0 Å². The molecular weight excluding hydrogens is 358 g/mol. The average molecular weight is 396 g/mol. The number of hydrogen-bond donors (Lipinski definition) is 2. The zero-order valence-corrected chi connectivity index (χ0v) is 19.1. The van der Waals surface area contributed by atoms with Crippen LogP contribution in [0.2, 0.25) is 0 Å². The number of nitrogens with zero attached hydrogens (tertiary/aromatic N) is 1. The van der Waals surface area contributed by atoms with Crippen molar-refractivity contribution in [1.82, 2.24) is 10.6 Å². The van der Waals surface area contributed by atoms with Crippen molar-refractivity contribution in [2.75, 3.05) is 0 Å². The molecule has 0 aromatic carbocycles. The Bertz CT molecular complexity index is 785. The van der Waals surface area contributed by atoms with Gasteiger partial charge in [-0.05, 0) is 76.0 Å². The maximum atomic E-state index is 12.8. The van der Waals surface area contributed by atoms with Crippen LogP contribution < -0.4 is 10.6 Å². The molecule has 1 unspecified atom stereocenters. The van der Waals surface area contributed by atoms with Gasteiger partial charge >= 0.3 is 0 Å². The lowest BCUT2D eigenvalue weighted by Crippen LogP contribution is -2.41. The molecule has 0 bridgehead atoms. The molecule has 158 valence electrons. The van der Waals surface area contributed by atoms with Crippen molar-refractivity contribution in [2.45, 2.75) is 80.2 Å². The van der Waals surface area contributed by atoms with Crippen LogP contribution in [-0.2, 0) is 4.79 Å². The smallest absolute Gasteiger partial charge is 0.246 e.